The van der Waals surface area contributed by atoms with Gasteiger partial charge in [0.15, 0.2) is 0 Å². The van der Waals surface area contributed by atoms with Crippen LogP contribution in [0.25, 0.3) is 0 Å². The lowest BCUT2D eigenvalue weighted by Crippen LogP contribution is -2.22. The maximum Gasteiger partial charge on any atom is 0.306 e. The van der Waals surface area contributed by atoms with Gasteiger partial charge in [-0.05, 0) is 76.5 Å². The van der Waals surface area contributed by atoms with Gasteiger partial charge in [0.1, 0.15) is 6.10 Å². The fourth-order valence-electron chi connectivity index (χ4n) is 3.38. The fourth-order valence-corrected chi connectivity index (χ4v) is 5.69. The highest BCUT2D eigenvalue weighted by molar-refractivity contribution is 8.76. The number of carbonyl (C=O) groups excluding carboxylic acids is 1. The van der Waals surface area contributed by atoms with Crippen molar-refractivity contribution in [2.45, 2.75) is 111 Å². The molecule has 0 fully saturated rings. The van der Waals surface area contributed by atoms with Crippen molar-refractivity contribution >= 4 is 27.6 Å². The third-order valence-corrected chi connectivity index (χ3v) is 7.82. The Kier molecular flexibility index (Phi) is 28.1. The smallest absolute Gasteiger partial charge is 0.306 e. The maximum absolute atomic E-state index is 12.3. The van der Waals surface area contributed by atoms with Crippen LogP contribution in [0, 0.1) is 5.92 Å². The number of hydrogen-bond acceptors (Lipinski definition) is 4. The van der Waals surface area contributed by atoms with Crippen molar-refractivity contribution in [3.05, 3.63) is 72.9 Å². The predicted octanol–water partition coefficient (Wildman–Crippen LogP) is 11.0. The highest BCUT2D eigenvalue weighted by Gasteiger charge is 2.16. The molecule has 1 atom stereocenters. The van der Waals surface area contributed by atoms with E-state index >= 15 is 0 Å². The average Bonchev–Trinajstić information content (AvgIpc) is 2.87. The first kappa shape index (κ1) is 35.6. The number of rotatable bonds is 24. The summed E-state index contributed by atoms with van der Waals surface area (Å²) in [5.74, 6) is 2.49. The zero-order valence-corrected chi connectivity index (χ0v) is 25.7. The van der Waals surface area contributed by atoms with Crippen LogP contribution < -0.4 is 0 Å². The molecular formula is C33H54O2S2. The van der Waals surface area contributed by atoms with Crippen molar-refractivity contribution in [3.63, 3.8) is 0 Å². The molecule has 210 valence electrons. The first-order valence-electron chi connectivity index (χ1n) is 14.4. The summed E-state index contributed by atoms with van der Waals surface area (Å²) in [6, 6.07) is 0. The maximum atomic E-state index is 12.3. The van der Waals surface area contributed by atoms with Crippen LogP contribution in [0.5, 0.6) is 0 Å². The Morgan fingerprint density at radius 3 is 1.68 bits per heavy atom. The van der Waals surface area contributed by atoms with Gasteiger partial charge in [-0.1, -0.05) is 122 Å². The van der Waals surface area contributed by atoms with Gasteiger partial charge in [0, 0.05) is 17.9 Å². The molecule has 0 N–H and O–H groups in total. The van der Waals surface area contributed by atoms with Crippen molar-refractivity contribution in [1.29, 1.82) is 0 Å². The van der Waals surface area contributed by atoms with Crippen LogP contribution in [0.15, 0.2) is 72.9 Å². The average molecular weight is 547 g/mol. The minimum Gasteiger partial charge on any atom is -0.461 e. The quantitative estimate of drug-likeness (QED) is 0.0520. The first-order valence-corrected chi connectivity index (χ1v) is 16.9. The van der Waals surface area contributed by atoms with Crippen LogP contribution in [-0.4, -0.2) is 23.6 Å². The molecule has 0 rings (SSSR count). The summed E-state index contributed by atoms with van der Waals surface area (Å²) < 4.78 is 5.83. The molecule has 0 aliphatic rings. The molecule has 0 heterocycles. The molecule has 0 spiro atoms. The summed E-state index contributed by atoms with van der Waals surface area (Å²) in [5.41, 5.74) is 0. The van der Waals surface area contributed by atoms with Crippen LogP contribution in [0.4, 0.5) is 0 Å². The van der Waals surface area contributed by atoms with Crippen molar-refractivity contribution < 1.29 is 9.53 Å². The minimum absolute atomic E-state index is 0.0197. The molecule has 1 unspecified atom stereocenters. The summed E-state index contributed by atoms with van der Waals surface area (Å²) in [6.45, 7) is 8.70. The van der Waals surface area contributed by atoms with E-state index in [1.54, 1.807) is 0 Å². The lowest BCUT2D eigenvalue weighted by molar-refractivity contribution is -0.148. The van der Waals surface area contributed by atoms with E-state index in [4.69, 9.17) is 4.74 Å². The van der Waals surface area contributed by atoms with Gasteiger partial charge in [-0.25, -0.2) is 0 Å². The second kappa shape index (κ2) is 29.2. The highest BCUT2D eigenvalue weighted by Crippen LogP contribution is 2.26. The molecule has 0 aliphatic carbocycles. The van der Waals surface area contributed by atoms with E-state index in [1.165, 1.54) is 6.42 Å². The molecular weight excluding hydrogens is 492 g/mol. The van der Waals surface area contributed by atoms with Gasteiger partial charge in [0.05, 0.1) is 0 Å². The zero-order valence-electron chi connectivity index (χ0n) is 24.1. The van der Waals surface area contributed by atoms with Crippen LogP contribution in [0.2, 0.25) is 0 Å². The lowest BCUT2D eigenvalue weighted by atomic mass is 10.1. The van der Waals surface area contributed by atoms with E-state index in [2.05, 4.69) is 101 Å². The second-order valence-electron chi connectivity index (χ2n) is 9.47. The number of ether oxygens (including phenoxy) is 1. The predicted molar refractivity (Wildman–Crippen MR) is 171 cm³/mol. The van der Waals surface area contributed by atoms with E-state index in [1.807, 2.05) is 21.6 Å². The second-order valence-corrected chi connectivity index (χ2v) is 12.1. The minimum atomic E-state index is -0.0483. The molecule has 0 aromatic carbocycles. The van der Waals surface area contributed by atoms with Crippen LogP contribution >= 0.6 is 21.6 Å². The standard InChI is InChI=1S/C33H54O2S2/c1-5-7-9-11-13-15-17-19-21-23-25-27-33(34)35-32(29-31(3)4)30-37-36-28-26-24-22-20-18-16-14-12-10-8-6-2/h7-10,13-16,19-22,31-32H,5-6,11-12,17-18,23-30H2,1-4H3/b9-7+,10-8+,15-13+,16-14+,21-19+,22-20+. The molecule has 0 saturated carbocycles. The Balaban J connectivity index is 3.92. The Morgan fingerprint density at radius 1 is 0.676 bits per heavy atom. The molecule has 0 amide bonds. The lowest BCUT2D eigenvalue weighted by Gasteiger charge is -2.19. The van der Waals surface area contributed by atoms with Gasteiger partial charge in [-0.15, -0.1) is 0 Å². The monoisotopic (exact) mass is 546 g/mol. The summed E-state index contributed by atoms with van der Waals surface area (Å²) in [5, 5.41) is 0. The van der Waals surface area contributed by atoms with E-state index in [-0.39, 0.29) is 12.1 Å². The third kappa shape index (κ3) is 29.0. The fraction of sp³-hybridized carbons (Fsp3) is 0.606. The summed E-state index contributed by atoms with van der Waals surface area (Å²) >= 11 is 0. The van der Waals surface area contributed by atoms with Gasteiger partial charge in [-0.3, -0.25) is 4.79 Å². The van der Waals surface area contributed by atoms with Crippen LogP contribution in [-0.2, 0) is 9.53 Å². The molecule has 0 radical (unpaired) electrons. The Morgan fingerprint density at radius 2 is 1.16 bits per heavy atom. The van der Waals surface area contributed by atoms with Crippen LogP contribution in [0.3, 0.4) is 0 Å². The van der Waals surface area contributed by atoms with Gasteiger partial charge in [-0.2, -0.15) is 0 Å². The molecule has 2 nitrogen and oxygen atoms in total. The van der Waals surface area contributed by atoms with Crippen molar-refractivity contribution in [2.24, 2.45) is 5.92 Å². The van der Waals surface area contributed by atoms with Crippen molar-refractivity contribution in [2.75, 3.05) is 11.5 Å². The Hall–Kier alpha value is -1.39. The van der Waals surface area contributed by atoms with E-state index in [0.717, 1.165) is 75.7 Å². The molecule has 0 bridgehead atoms. The van der Waals surface area contributed by atoms with E-state index in [0.29, 0.717) is 12.3 Å². The SMILES string of the molecule is CC/C=C/C/C=C/C/C=C/CCCSSCC(CC(C)C)OC(=O)CCC/C=C/C/C=C/C/C=C/CC. The summed E-state index contributed by atoms with van der Waals surface area (Å²) in [4.78, 5) is 12.3. The molecule has 4 heteroatoms. The molecule has 0 aromatic rings. The van der Waals surface area contributed by atoms with Crippen molar-refractivity contribution in [3.8, 4) is 0 Å². The Labute approximate surface area is 237 Å². The number of hydrogen-bond donors (Lipinski definition) is 0. The summed E-state index contributed by atoms with van der Waals surface area (Å²) in [7, 11) is 3.75. The van der Waals surface area contributed by atoms with Gasteiger partial charge < -0.3 is 4.74 Å². The first-order chi connectivity index (χ1) is 18.1. The number of allylic oxidation sites excluding steroid dienone is 12. The number of carbonyl (C=O) groups is 1. The number of unbranched alkanes of at least 4 members (excludes halogenated alkanes) is 2. The number of esters is 1. The zero-order chi connectivity index (χ0) is 27.2. The topological polar surface area (TPSA) is 26.3 Å². The molecule has 0 aliphatic heterocycles. The molecule has 0 aromatic heterocycles. The largest absolute Gasteiger partial charge is 0.461 e. The van der Waals surface area contributed by atoms with E-state index < -0.39 is 0 Å². The normalized spacial score (nSPS) is 13.6. The highest BCUT2D eigenvalue weighted by atomic mass is 33.1. The molecule has 0 saturated heterocycles. The van der Waals surface area contributed by atoms with Crippen LogP contribution in [0.1, 0.15) is 105 Å². The van der Waals surface area contributed by atoms with Gasteiger partial charge in [0.2, 0.25) is 0 Å². The van der Waals surface area contributed by atoms with Gasteiger partial charge in [0.25, 0.3) is 0 Å². The molecule has 37 heavy (non-hydrogen) atoms. The van der Waals surface area contributed by atoms with Crippen molar-refractivity contribution in [1.82, 2.24) is 0 Å². The Bertz CT molecular complexity index is 686. The van der Waals surface area contributed by atoms with E-state index in [9.17, 15) is 4.79 Å². The summed E-state index contributed by atoms with van der Waals surface area (Å²) in [6.07, 6.45) is 38.4. The third-order valence-electron chi connectivity index (χ3n) is 5.28. The van der Waals surface area contributed by atoms with Gasteiger partial charge >= 0.3 is 5.97 Å².